The Morgan fingerprint density at radius 3 is 2.48 bits per heavy atom. The molecular weight excluding hydrogens is 592 g/mol. The molecule has 0 spiro atoms. The molecule has 2 aromatic rings. The molecule has 146 valence electrons. The highest BCUT2D eigenvalue weighted by Gasteiger charge is 2.31. The van der Waals surface area contributed by atoms with E-state index in [-0.39, 0.29) is 64.3 Å². The molecule has 6 nitrogen and oxygen atoms in total. The number of rotatable bonds is 7. The third-order valence-corrected chi connectivity index (χ3v) is 4.83. The number of anilines is 1. The van der Waals surface area contributed by atoms with Gasteiger partial charge < -0.3 is 9.64 Å². The van der Waals surface area contributed by atoms with Crippen LogP contribution in [0.25, 0.3) is 0 Å². The Kier molecular flexibility index (Phi) is 10.4. The number of nitrogens with zero attached hydrogens (tertiary/aromatic N) is 2. The molecule has 1 saturated heterocycles. The lowest BCUT2D eigenvalue weighted by atomic mass is 10.1. The minimum atomic E-state index is -0.341. The Bertz CT molecular complexity index is 747. The van der Waals surface area contributed by atoms with Gasteiger partial charge in [-0.15, -0.1) is 48.0 Å². The molecule has 1 aliphatic heterocycles. The average molecular weight is 613 g/mol. The van der Waals surface area contributed by atoms with E-state index in [1.165, 1.54) is 0 Å². The standard InChI is InChI=1S/C18H19N3O3S.2HI/c1-21(16-4-2-3-9-19-16)10-11-24-14-7-5-13(6-8-14)12-15-17(22)20-18(23)25-15;;/h2-9,15H,10-12H2,1H3,(H,20,22,23);2*1H. The van der Waals surface area contributed by atoms with Crippen LogP contribution in [-0.4, -0.2) is 41.6 Å². The normalized spacial score (nSPS) is 15.4. The van der Waals surface area contributed by atoms with Crippen molar-refractivity contribution in [1.82, 2.24) is 10.3 Å². The van der Waals surface area contributed by atoms with Gasteiger partial charge in [0.05, 0.1) is 11.8 Å². The van der Waals surface area contributed by atoms with E-state index in [9.17, 15) is 9.59 Å². The molecule has 1 N–H and O–H groups in total. The highest BCUT2D eigenvalue weighted by atomic mass is 127. The first-order valence-electron chi connectivity index (χ1n) is 7.97. The largest absolute Gasteiger partial charge is 0.492 e. The molecule has 2 heterocycles. The minimum Gasteiger partial charge on any atom is -0.492 e. The molecule has 0 saturated carbocycles. The van der Waals surface area contributed by atoms with Gasteiger partial charge in [-0.25, -0.2) is 4.98 Å². The van der Waals surface area contributed by atoms with Crippen molar-refractivity contribution in [2.45, 2.75) is 11.7 Å². The van der Waals surface area contributed by atoms with Crippen LogP contribution in [0.4, 0.5) is 10.6 Å². The lowest BCUT2D eigenvalue weighted by Gasteiger charge is -2.18. The van der Waals surface area contributed by atoms with Gasteiger partial charge in [0.15, 0.2) is 0 Å². The Morgan fingerprint density at radius 2 is 1.89 bits per heavy atom. The van der Waals surface area contributed by atoms with Crippen molar-refractivity contribution < 1.29 is 14.3 Å². The number of carbonyl (C=O) groups is 2. The van der Waals surface area contributed by atoms with E-state index >= 15 is 0 Å². The first kappa shape index (κ1) is 24.0. The fourth-order valence-corrected chi connectivity index (χ4v) is 3.32. The summed E-state index contributed by atoms with van der Waals surface area (Å²) in [5.41, 5.74) is 1.00. The van der Waals surface area contributed by atoms with E-state index in [1.54, 1.807) is 6.20 Å². The van der Waals surface area contributed by atoms with Crippen LogP contribution < -0.4 is 15.0 Å². The summed E-state index contributed by atoms with van der Waals surface area (Å²) in [5.74, 6) is 1.47. The predicted octanol–water partition coefficient (Wildman–Crippen LogP) is 3.73. The fraction of sp³-hybridized carbons (Fsp3) is 0.278. The average Bonchev–Trinajstić information content (AvgIpc) is 2.94. The van der Waals surface area contributed by atoms with Gasteiger partial charge in [-0.1, -0.05) is 30.0 Å². The number of benzene rings is 1. The van der Waals surface area contributed by atoms with Crippen LogP contribution in [0.2, 0.25) is 0 Å². The summed E-state index contributed by atoms with van der Waals surface area (Å²) >= 11 is 1.05. The van der Waals surface area contributed by atoms with Crippen LogP contribution in [0, 0.1) is 0 Å². The fourth-order valence-electron chi connectivity index (χ4n) is 2.46. The number of nitrogens with one attached hydrogen (secondary N) is 1. The number of halogens is 2. The molecule has 1 fully saturated rings. The van der Waals surface area contributed by atoms with Gasteiger partial charge in [0.25, 0.3) is 5.24 Å². The number of likely N-dealkylation sites (N-methyl/N-ethyl adjacent to an activating group) is 1. The molecule has 1 aromatic carbocycles. The van der Waals surface area contributed by atoms with Gasteiger partial charge in [-0.3, -0.25) is 14.9 Å². The van der Waals surface area contributed by atoms with E-state index in [0.717, 1.165) is 35.4 Å². The Hall–Kier alpha value is -1.08. The zero-order valence-corrected chi connectivity index (χ0v) is 20.1. The molecule has 3 rings (SSSR count). The van der Waals surface area contributed by atoms with Gasteiger partial charge in [0.2, 0.25) is 5.91 Å². The highest BCUT2D eigenvalue weighted by molar-refractivity contribution is 14.0. The molecule has 1 unspecified atom stereocenters. The van der Waals surface area contributed by atoms with Gasteiger partial charge in [0, 0.05) is 13.2 Å². The second-order valence-electron chi connectivity index (χ2n) is 5.69. The van der Waals surface area contributed by atoms with Crippen LogP contribution in [0.5, 0.6) is 5.75 Å². The van der Waals surface area contributed by atoms with E-state index in [1.807, 2.05) is 54.4 Å². The molecule has 0 aliphatic carbocycles. The Labute approximate surface area is 196 Å². The number of hydrogen-bond acceptors (Lipinski definition) is 6. The van der Waals surface area contributed by atoms with Crippen LogP contribution >= 0.6 is 59.7 Å². The highest BCUT2D eigenvalue weighted by Crippen LogP contribution is 2.23. The molecule has 2 amide bonds. The van der Waals surface area contributed by atoms with Crippen LogP contribution in [0.1, 0.15) is 5.56 Å². The van der Waals surface area contributed by atoms with Crippen molar-refractivity contribution in [1.29, 1.82) is 0 Å². The molecule has 0 bridgehead atoms. The van der Waals surface area contributed by atoms with Crippen LogP contribution in [0.3, 0.4) is 0 Å². The summed E-state index contributed by atoms with van der Waals surface area (Å²) in [6, 6.07) is 13.4. The zero-order valence-electron chi connectivity index (χ0n) is 14.7. The lowest BCUT2D eigenvalue weighted by Crippen LogP contribution is -2.25. The smallest absolute Gasteiger partial charge is 0.286 e. The summed E-state index contributed by atoms with van der Waals surface area (Å²) in [7, 11) is 1.97. The molecule has 1 aliphatic rings. The summed E-state index contributed by atoms with van der Waals surface area (Å²) < 4.78 is 5.75. The first-order chi connectivity index (χ1) is 12.1. The maximum Gasteiger partial charge on any atom is 0.286 e. The molecule has 0 radical (unpaired) electrons. The number of pyridine rings is 1. The first-order valence-corrected chi connectivity index (χ1v) is 8.85. The van der Waals surface area contributed by atoms with Gasteiger partial charge in [0.1, 0.15) is 18.2 Å². The minimum absolute atomic E-state index is 0. The van der Waals surface area contributed by atoms with E-state index < -0.39 is 0 Å². The predicted molar refractivity (Wildman–Crippen MR) is 129 cm³/mol. The number of carbonyl (C=O) groups excluding carboxylic acids is 2. The number of amides is 2. The number of hydrogen-bond donors (Lipinski definition) is 1. The summed E-state index contributed by atoms with van der Waals surface area (Å²) in [5, 5.41) is 1.69. The molecular formula is C18H21I2N3O3S. The zero-order chi connectivity index (χ0) is 17.6. The molecule has 1 atom stereocenters. The van der Waals surface area contributed by atoms with Crippen molar-refractivity contribution in [3.63, 3.8) is 0 Å². The van der Waals surface area contributed by atoms with Crippen molar-refractivity contribution in [3.8, 4) is 5.75 Å². The topological polar surface area (TPSA) is 71.5 Å². The van der Waals surface area contributed by atoms with E-state index in [2.05, 4.69) is 10.3 Å². The second-order valence-corrected chi connectivity index (χ2v) is 6.86. The Balaban J connectivity index is 0.00000182. The van der Waals surface area contributed by atoms with Crippen molar-refractivity contribution in [2.75, 3.05) is 25.1 Å². The van der Waals surface area contributed by atoms with Crippen molar-refractivity contribution in [2.24, 2.45) is 0 Å². The maximum atomic E-state index is 11.6. The second kappa shape index (κ2) is 11.7. The summed E-state index contributed by atoms with van der Waals surface area (Å²) in [6.45, 7) is 1.27. The van der Waals surface area contributed by atoms with Crippen LogP contribution in [-0.2, 0) is 11.2 Å². The van der Waals surface area contributed by atoms with Gasteiger partial charge in [-0.05, 0) is 36.2 Å². The number of imide groups is 1. The number of ether oxygens (including phenoxy) is 1. The third-order valence-electron chi connectivity index (χ3n) is 3.85. The lowest BCUT2D eigenvalue weighted by molar-refractivity contribution is -0.118. The maximum absolute atomic E-state index is 11.6. The van der Waals surface area contributed by atoms with Crippen LogP contribution in [0.15, 0.2) is 48.7 Å². The van der Waals surface area contributed by atoms with Crippen molar-refractivity contribution >= 4 is 76.7 Å². The third kappa shape index (κ3) is 7.11. The molecule has 9 heteroatoms. The van der Waals surface area contributed by atoms with E-state index in [0.29, 0.717) is 13.0 Å². The molecule has 1 aromatic heterocycles. The molecule has 27 heavy (non-hydrogen) atoms. The Morgan fingerprint density at radius 1 is 1.15 bits per heavy atom. The summed E-state index contributed by atoms with van der Waals surface area (Å²) in [4.78, 5) is 29.1. The van der Waals surface area contributed by atoms with E-state index in [4.69, 9.17) is 4.74 Å². The number of thioether (sulfide) groups is 1. The SMILES string of the molecule is CN(CCOc1ccc(CC2SC(=O)NC2=O)cc1)c1ccccn1.I.I. The van der Waals surface area contributed by atoms with Gasteiger partial charge >= 0.3 is 0 Å². The quantitative estimate of drug-likeness (QED) is 0.481. The summed E-state index contributed by atoms with van der Waals surface area (Å²) in [6.07, 6.45) is 2.30. The number of aromatic nitrogens is 1. The van der Waals surface area contributed by atoms with Crippen molar-refractivity contribution in [3.05, 3.63) is 54.2 Å². The monoisotopic (exact) mass is 613 g/mol. The van der Waals surface area contributed by atoms with Gasteiger partial charge in [-0.2, -0.15) is 0 Å².